The van der Waals surface area contributed by atoms with Crippen molar-refractivity contribution in [2.24, 2.45) is 0 Å². The molecule has 30 heavy (non-hydrogen) atoms. The summed E-state index contributed by atoms with van der Waals surface area (Å²) in [5, 5.41) is 23.6. The number of rotatable bonds is 5. The van der Waals surface area contributed by atoms with Crippen LogP contribution in [0.5, 0.6) is 0 Å². The highest BCUT2D eigenvalue weighted by atomic mass is 16.3. The molecule has 0 saturated carbocycles. The highest BCUT2D eigenvalue weighted by molar-refractivity contribution is 5.90. The summed E-state index contributed by atoms with van der Waals surface area (Å²) < 4.78 is 0. The summed E-state index contributed by atoms with van der Waals surface area (Å²) in [6.45, 7) is 3.85. The number of H-pyrrole nitrogens is 1. The van der Waals surface area contributed by atoms with Crippen molar-refractivity contribution in [3.8, 4) is 6.07 Å². The Morgan fingerprint density at radius 3 is 2.83 bits per heavy atom. The van der Waals surface area contributed by atoms with E-state index in [1.807, 2.05) is 55.6 Å². The van der Waals surface area contributed by atoms with Crippen LogP contribution in [0.4, 0.5) is 11.4 Å². The minimum Gasteiger partial charge on any atom is -0.390 e. The van der Waals surface area contributed by atoms with Crippen LogP contribution in [0.15, 0.2) is 48.8 Å². The molecule has 0 aliphatic carbocycles. The van der Waals surface area contributed by atoms with Gasteiger partial charge in [0.1, 0.15) is 6.07 Å². The molecule has 0 aliphatic heterocycles. The molecule has 3 N–H and O–H groups in total. The number of fused-ring (bicyclic) bond motifs is 1. The highest BCUT2D eigenvalue weighted by Gasteiger charge is 2.13. The van der Waals surface area contributed by atoms with Crippen LogP contribution in [0.3, 0.4) is 0 Å². The van der Waals surface area contributed by atoms with Crippen molar-refractivity contribution < 1.29 is 5.11 Å². The number of aryl methyl sites for hydroxylation is 2. The molecule has 0 atom stereocenters. The molecule has 0 fully saturated rings. The molecule has 6 heteroatoms. The van der Waals surface area contributed by atoms with Crippen molar-refractivity contribution in [1.82, 2.24) is 15.0 Å². The van der Waals surface area contributed by atoms with Crippen molar-refractivity contribution in [2.75, 3.05) is 5.32 Å². The van der Waals surface area contributed by atoms with Crippen LogP contribution < -0.4 is 5.32 Å². The molecular weight excluding hydrogens is 374 g/mol. The lowest BCUT2D eigenvalue weighted by Gasteiger charge is -2.15. The SMILES string of the molecule is Cc1ncc(C#N)c(Nc2ccc3[nH]ccc3c2C)c1C=Cc1cccc(CO)n1. The van der Waals surface area contributed by atoms with Gasteiger partial charge < -0.3 is 15.4 Å². The molecule has 4 rings (SSSR count). The van der Waals surface area contributed by atoms with Crippen LogP contribution in [0.1, 0.15) is 33.8 Å². The van der Waals surface area contributed by atoms with Gasteiger partial charge in [-0.3, -0.25) is 9.97 Å². The van der Waals surface area contributed by atoms with E-state index < -0.39 is 0 Å². The third-order valence-corrected chi connectivity index (χ3v) is 5.11. The molecule has 4 aromatic rings. The zero-order chi connectivity index (χ0) is 21.1. The third kappa shape index (κ3) is 3.66. The smallest absolute Gasteiger partial charge is 0.103 e. The molecule has 3 heterocycles. The van der Waals surface area contributed by atoms with Crippen molar-refractivity contribution in [1.29, 1.82) is 5.26 Å². The van der Waals surface area contributed by atoms with Crippen LogP contribution in [0, 0.1) is 25.2 Å². The van der Waals surface area contributed by atoms with E-state index in [2.05, 4.69) is 33.3 Å². The van der Waals surface area contributed by atoms with Crippen molar-refractivity contribution in [2.45, 2.75) is 20.5 Å². The van der Waals surface area contributed by atoms with Crippen LogP contribution in [0.25, 0.3) is 23.1 Å². The first-order valence-corrected chi connectivity index (χ1v) is 9.59. The number of anilines is 2. The summed E-state index contributed by atoms with van der Waals surface area (Å²) in [6, 6.07) is 13.8. The molecule has 148 valence electrons. The van der Waals surface area contributed by atoms with E-state index in [9.17, 15) is 10.4 Å². The lowest BCUT2D eigenvalue weighted by molar-refractivity contribution is 0.277. The number of benzene rings is 1. The number of nitrogens with zero attached hydrogens (tertiary/aromatic N) is 3. The van der Waals surface area contributed by atoms with E-state index in [1.165, 1.54) is 0 Å². The number of pyridine rings is 2. The molecule has 0 unspecified atom stereocenters. The summed E-state index contributed by atoms with van der Waals surface area (Å²) in [6.07, 6.45) is 7.26. The maximum atomic E-state index is 9.67. The van der Waals surface area contributed by atoms with Gasteiger partial charge in [-0.15, -0.1) is 0 Å². The van der Waals surface area contributed by atoms with E-state index in [0.29, 0.717) is 16.9 Å². The van der Waals surface area contributed by atoms with E-state index in [0.717, 1.165) is 39.1 Å². The maximum Gasteiger partial charge on any atom is 0.103 e. The van der Waals surface area contributed by atoms with Crippen LogP contribution in [0.2, 0.25) is 0 Å². The molecule has 0 radical (unpaired) electrons. The summed E-state index contributed by atoms with van der Waals surface area (Å²) in [4.78, 5) is 12.0. The predicted octanol–water partition coefficient (Wildman–Crippen LogP) is 4.85. The normalized spacial score (nSPS) is 11.1. The van der Waals surface area contributed by atoms with Gasteiger partial charge in [-0.1, -0.05) is 6.07 Å². The van der Waals surface area contributed by atoms with Gasteiger partial charge in [0.25, 0.3) is 0 Å². The second-order valence-corrected chi connectivity index (χ2v) is 7.01. The van der Waals surface area contributed by atoms with Crippen molar-refractivity contribution >= 4 is 34.4 Å². The Morgan fingerprint density at radius 2 is 2.03 bits per heavy atom. The number of aromatic amines is 1. The van der Waals surface area contributed by atoms with Gasteiger partial charge in [-0.2, -0.15) is 5.26 Å². The molecule has 1 aromatic carbocycles. The average molecular weight is 395 g/mol. The van der Waals surface area contributed by atoms with Crippen LogP contribution in [-0.4, -0.2) is 20.1 Å². The minimum atomic E-state index is -0.111. The van der Waals surface area contributed by atoms with Gasteiger partial charge >= 0.3 is 0 Å². The number of hydrogen-bond acceptors (Lipinski definition) is 5. The zero-order valence-corrected chi connectivity index (χ0v) is 16.8. The second kappa shape index (κ2) is 8.19. The maximum absolute atomic E-state index is 9.67. The molecule has 0 saturated heterocycles. The second-order valence-electron chi connectivity index (χ2n) is 7.01. The summed E-state index contributed by atoms with van der Waals surface area (Å²) in [7, 11) is 0. The van der Waals surface area contributed by atoms with Gasteiger partial charge in [0.05, 0.1) is 29.2 Å². The fourth-order valence-corrected chi connectivity index (χ4v) is 3.45. The Kier molecular flexibility index (Phi) is 5.29. The van der Waals surface area contributed by atoms with E-state index in [1.54, 1.807) is 12.3 Å². The number of nitrogens with one attached hydrogen (secondary N) is 2. The molecular formula is C24H21N5O. The van der Waals surface area contributed by atoms with Crippen molar-refractivity contribution in [3.05, 3.63) is 82.6 Å². The quantitative estimate of drug-likeness (QED) is 0.449. The molecule has 0 spiro atoms. The third-order valence-electron chi connectivity index (χ3n) is 5.11. The van der Waals surface area contributed by atoms with Crippen LogP contribution in [-0.2, 0) is 6.61 Å². The first-order chi connectivity index (χ1) is 14.6. The number of nitriles is 1. The Hall–Kier alpha value is -3.95. The molecule has 0 amide bonds. The van der Waals surface area contributed by atoms with Gasteiger partial charge in [0.2, 0.25) is 0 Å². The monoisotopic (exact) mass is 395 g/mol. The topological polar surface area (TPSA) is 97.6 Å². The lowest BCUT2D eigenvalue weighted by Crippen LogP contribution is -2.02. The van der Waals surface area contributed by atoms with Gasteiger partial charge in [0, 0.05) is 40.2 Å². The number of aliphatic hydroxyl groups is 1. The number of hydrogen-bond donors (Lipinski definition) is 3. The summed E-state index contributed by atoms with van der Waals surface area (Å²) in [5.74, 6) is 0. The Morgan fingerprint density at radius 1 is 1.17 bits per heavy atom. The molecule has 0 aliphatic rings. The lowest BCUT2D eigenvalue weighted by atomic mass is 10.0. The summed E-state index contributed by atoms with van der Waals surface area (Å²) in [5.41, 5.74) is 7.21. The fourth-order valence-electron chi connectivity index (χ4n) is 3.45. The fraction of sp³-hybridized carbons (Fsp3) is 0.125. The molecule has 3 aromatic heterocycles. The van der Waals surface area contributed by atoms with E-state index >= 15 is 0 Å². The highest BCUT2D eigenvalue weighted by Crippen LogP contribution is 2.32. The van der Waals surface area contributed by atoms with Gasteiger partial charge in [-0.25, -0.2) is 0 Å². The summed E-state index contributed by atoms with van der Waals surface area (Å²) >= 11 is 0. The Bertz CT molecular complexity index is 1300. The van der Waals surface area contributed by atoms with E-state index in [-0.39, 0.29) is 6.61 Å². The minimum absolute atomic E-state index is 0.111. The standard InChI is InChI=1S/C24H21N5O/c1-15-20-10-11-26-23(20)9-8-22(15)29-24-17(12-25)13-27-16(2)21(24)7-6-18-4-3-5-19(14-30)28-18/h3-11,13,26,30H,14H2,1-2H3,(H,27,29). The number of aromatic nitrogens is 3. The van der Waals surface area contributed by atoms with Crippen LogP contribution >= 0.6 is 0 Å². The number of aliphatic hydroxyl groups excluding tert-OH is 1. The molecule has 6 nitrogen and oxygen atoms in total. The zero-order valence-electron chi connectivity index (χ0n) is 16.8. The van der Waals surface area contributed by atoms with Crippen molar-refractivity contribution in [3.63, 3.8) is 0 Å². The Labute approximate surface area is 174 Å². The predicted molar refractivity (Wildman–Crippen MR) is 119 cm³/mol. The Balaban J connectivity index is 1.78. The van der Waals surface area contributed by atoms with Gasteiger partial charge in [0.15, 0.2) is 0 Å². The largest absolute Gasteiger partial charge is 0.390 e. The van der Waals surface area contributed by atoms with E-state index in [4.69, 9.17) is 0 Å². The van der Waals surface area contributed by atoms with Gasteiger partial charge in [-0.05, 0) is 61.9 Å². The average Bonchev–Trinajstić information content (AvgIpc) is 3.25. The molecule has 0 bridgehead atoms. The first kappa shape index (κ1) is 19.4. The first-order valence-electron chi connectivity index (χ1n) is 9.59.